The van der Waals surface area contributed by atoms with E-state index in [4.69, 9.17) is 13.9 Å². The highest BCUT2D eigenvalue weighted by molar-refractivity contribution is 8.18. The van der Waals surface area contributed by atoms with E-state index in [0.717, 1.165) is 23.0 Å². The number of hydrogen-bond acceptors (Lipinski definition) is 6. The summed E-state index contributed by atoms with van der Waals surface area (Å²) >= 11 is 3.90. The van der Waals surface area contributed by atoms with E-state index in [0.29, 0.717) is 13.0 Å². The monoisotopic (exact) mass is 440 g/mol. The van der Waals surface area contributed by atoms with Gasteiger partial charge < -0.3 is 13.9 Å². The molecule has 0 spiro atoms. The van der Waals surface area contributed by atoms with Crippen LogP contribution < -0.4 is 9.16 Å². The summed E-state index contributed by atoms with van der Waals surface area (Å²) in [5.74, 6) is 3.90. The van der Waals surface area contributed by atoms with Crippen molar-refractivity contribution in [1.82, 2.24) is 0 Å². The minimum absolute atomic E-state index is 0.0824. The molecule has 2 aliphatic heterocycles. The van der Waals surface area contributed by atoms with Crippen LogP contribution in [-0.4, -0.2) is 39.5 Å². The molecule has 3 rings (SSSR count). The summed E-state index contributed by atoms with van der Waals surface area (Å²) in [6.07, 6.45) is 1.69. The topological polar surface area (TPSA) is 44.8 Å². The zero-order valence-electron chi connectivity index (χ0n) is 17.8. The van der Waals surface area contributed by atoms with Crippen LogP contribution in [0.2, 0.25) is 18.1 Å². The standard InChI is InChI=1S/C21H32O4S2Si/c1-20(2,3)28(5,6)25-17-9-8-15(12-18(17)23-4)21(26-10-7-11-27-21)16-13-19(22)24-14-16/h8-9,12,16H,7,10-11,13-14H2,1-6H3/t16-/m1/s1. The third kappa shape index (κ3) is 4.21. The minimum Gasteiger partial charge on any atom is -0.541 e. The molecule has 0 saturated carbocycles. The molecule has 0 aromatic heterocycles. The lowest BCUT2D eigenvalue weighted by Gasteiger charge is -2.41. The number of esters is 1. The summed E-state index contributed by atoms with van der Waals surface area (Å²) in [6, 6.07) is 6.35. The molecule has 156 valence electrons. The molecule has 0 unspecified atom stereocenters. The predicted molar refractivity (Wildman–Crippen MR) is 121 cm³/mol. The molecule has 28 heavy (non-hydrogen) atoms. The second-order valence-electron chi connectivity index (χ2n) is 9.03. The molecule has 0 amide bonds. The normalized spacial score (nSPS) is 22.6. The van der Waals surface area contributed by atoms with Crippen molar-refractivity contribution in [2.75, 3.05) is 25.2 Å². The van der Waals surface area contributed by atoms with Crippen LogP contribution >= 0.6 is 23.5 Å². The van der Waals surface area contributed by atoms with Crippen LogP contribution in [0, 0.1) is 5.92 Å². The average Bonchev–Trinajstić information content (AvgIpc) is 3.08. The van der Waals surface area contributed by atoms with E-state index >= 15 is 0 Å². The second kappa shape index (κ2) is 8.15. The molecule has 2 saturated heterocycles. The Balaban J connectivity index is 1.96. The minimum atomic E-state index is -1.96. The molecule has 4 nitrogen and oxygen atoms in total. The second-order valence-corrected chi connectivity index (χ2v) is 16.7. The lowest BCUT2D eigenvalue weighted by molar-refractivity contribution is -0.137. The number of carbonyl (C=O) groups is 1. The Labute approximate surface area is 178 Å². The van der Waals surface area contributed by atoms with Crippen molar-refractivity contribution in [3.63, 3.8) is 0 Å². The zero-order valence-corrected chi connectivity index (χ0v) is 20.4. The van der Waals surface area contributed by atoms with Crippen molar-refractivity contribution in [2.45, 2.75) is 55.8 Å². The molecule has 2 aliphatic rings. The summed E-state index contributed by atoms with van der Waals surface area (Å²) in [7, 11) is -0.257. The van der Waals surface area contributed by atoms with Gasteiger partial charge in [-0.2, -0.15) is 0 Å². The third-order valence-electron chi connectivity index (χ3n) is 6.05. The highest BCUT2D eigenvalue weighted by Crippen LogP contribution is 2.58. The Morgan fingerprint density at radius 3 is 2.39 bits per heavy atom. The van der Waals surface area contributed by atoms with Crippen molar-refractivity contribution in [1.29, 1.82) is 0 Å². The fraction of sp³-hybridized carbons (Fsp3) is 0.667. The molecule has 0 radical (unpaired) electrons. The van der Waals surface area contributed by atoms with Gasteiger partial charge in [0.2, 0.25) is 0 Å². The quantitative estimate of drug-likeness (QED) is 0.434. The lowest BCUT2D eigenvalue weighted by Crippen LogP contribution is -2.44. The SMILES string of the molecule is COc1cc(C2([C@H]3COC(=O)C3)SCCCS2)ccc1O[Si](C)(C)C(C)(C)C. The van der Waals surface area contributed by atoms with Crippen molar-refractivity contribution >= 4 is 37.8 Å². The van der Waals surface area contributed by atoms with Crippen molar-refractivity contribution < 1.29 is 18.7 Å². The third-order valence-corrected chi connectivity index (χ3v) is 14.1. The van der Waals surface area contributed by atoms with Crippen LogP contribution in [0.5, 0.6) is 11.5 Å². The maximum atomic E-state index is 11.8. The van der Waals surface area contributed by atoms with Gasteiger partial charge in [0, 0.05) is 5.92 Å². The fourth-order valence-electron chi connectivity index (χ4n) is 3.34. The number of thioether (sulfide) groups is 2. The van der Waals surface area contributed by atoms with Gasteiger partial charge in [-0.25, -0.2) is 0 Å². The molecule has 2 heterocycles. The lowest BCUT2D eigenvalue weighted by atomic mass is 9.96. The highest BCUT2D eigenvalue weighted by atomic mass is 32.2. The molecular weight excluding hydrogens is 408 g/mol. The molecule has 0 N–H and O–H groups in total. The van der Waals surface area contributed by atoms with Crippen LogP contribution in [-0.2, 0) is 13.6 Å². The summed E-state index contributed by atoms with van der Waals surface area (Å²) in [5.41, 5.74) is 1.20. The van der Waals surface area contributed by atoms with E-state index in [-0.39, 0.29) is 21.0 Å². The van der Waals surface area contributed by atoms with Gasteiger partial charge in [-0.15, -0.1) is 23.5 Å². The summed E-state index contributed by atoms with van der Waals surface area (Å²) in [4.78, 5) is 11.8. The first-order valence-electron chi connectivity index (χ1n) is 9.90. The van der Waals surface area contributed by atoms with Crippen LogP contribution in [0.4, 0.5) is 0 Å². The maximum Gasteiger partial charge on any atom is 0.306 e. The van der Waals surface area contributed by atoms with E-state index in [1.54, 1.807) is 7.11 Å². The molecule has 7 heteroatoms. The van der Waals surface area contributed by atoms with Crippen molar-refractivity contribution in [2.24, 2.45) is 5.92 Å². The first-order valence-corrected chi connectivity index (χ1v) is 14.8. The van der Waals surface area contributed by atoms with Crippen molar-refractivity contribution in [3.8, 4) is 11.5 Å². The van der Waals surface area contributed by atoms with E-state index in [1.165, 1.54) is 12.0 Å². The molecule has 0 aliphatic carbocycles. The van der Waals surface area contributed by atoms with E-state index < -0.39 is 8.32 Å². The Hall–Kier alpha value is -0.793. The fourth-order valence-corrected chi connectivity index (χ4v) is 7.93. The first kappa shape index (κ1) is 21.9. The Kier molecular flexibility index (Phi) is 6.37. The highest BCUT2D eigenvalue weighted by Gasteiger charge is 2.48. The van der Waals surface area contributed by atoms with Gasteiger partial charge in [-0.05, 0) is 53.8 Å². The summed E-state index contributed by atoms with van der Waals surface area (Å²) < 4.78 is 17.4. The van der Waals surface area contributed by atoms with Gasteiger partial charge >= 0.3 is 5.97 Å². The number of hydrogen-bond donors (Lipinski definition) is 0. The van der Waals surface area contributed by atoms with Gasteiger partial charge in [0.25, 0.3) is 8.32 Å². The Morgan fingerprint density at radius 1 is 1.18 bits per heavy atom. The number of carbonyl (C=O) groups excluding carboxylic acids is 1. The van der Waals surface area contributed by atoms with E-state index in [9.17, 15) is 4.79 Å². The van der Waals surface area contributed by atoms with Crippen molar-refractivity contribution in [3.05, 3.63) is 23.8 Å². The molecular formula is C21H32O4S2Si. The number of benzene rings is 1. The maximum absolute atomic E-state index is 11.8. The van der Waals surface area contributed by atoms with Crippen LogP contribution in [0.3, 0.4) is 0 Å². The number of methoxy groups -OCH3 is 1. The first-order chi connectivity index (χ1) is 13.1. The van der Waals surface area contributed by atoms with Crippen LogP contribution in [0.25, 0.3) is 0 Å². The zero-order chi connectivity index (χ0) is 20.6. The predicted octanol–water partition coefficient (Wildman–Crippen LogP) is 5.67. The number of cyclic esters (lactones) is 1. The molecule has 1 atom stereocenters. The van der Waals surface area contributed by atoms with Crippen LogP contribution in [0.1, 0.15) is 39.2 Å². The largest absolute Gasteiger partial charge is 0.541 e. The van der Waals surface area contributed by atoms with Gasteiger partial charge in [-0.1, -0.05) is 26.8 Å². The Morgan fingerprint density at radius 2 is 1.86 bits per heavy atom. The molecule has 1 aromatic carbocycles. The molecule has 0 bridgehead atoms. The molecule has 2 fully saturated rings. The smallest absolute Gasteiger partial charge is 0.306 e. The van der Waals surface area contributed by atoms with Gasteiger partial charge in [-0.3, -0.25) is 4.79 Å². The average molecular weight is 441 g/mol. The summed E-state index contributed by atoms with van der Waals surface area (Å²) in [5, 5.41) is 0.120. The summed E-state index contributed by atoms with van der Waals surface area (Å²) in [6.45, 7) is 11.7. The van der Waals surface area contributed by atoms with Gasteiger partial charge in [0.05, 0.1) is 24.2 Å². The van der Waals surface area contributed by atoms with Gasteiger partial charge in [0.1, 0.15) is 5.75 Å². The Bertz CT molecular complexity index is 724. The van der Waals surface area contributed by atoms with E-state index in [1.807, 2.05) is 23.5 Å². The van der Waals surface area contributed by atoms with E-state index in [2.05, 4.69) is 52.1 Å². The number of ether oxygens (including phenoxy) is 2. The molecule has 1 aromatic rings. The number of rotatable bonds is 5. The van der Waals surface area contributed by atoms with Gasteiger partial charge in [0.15, 0.2) is 5.75 Å². The van der Waals surface area contributed by atoms with Crippen LogP contribution in [0.15, 0.2) is 18.2 Å².